The van der Waals surface area contributed by atoms with Gasteiger partial charge in [0.1, 0.15) is 102 Å². The monoisotopic (exact) mass is 1580 g/mol. The van der Waals surface area contributed by atoms with Crippen molar-refractivity contribution in [1.29, 1.82) is 0 Å². The second-order valence-corrected chi connectivity index (χ2v) is 34.0. The summed E-state index contributed by atoms with van der Waals surface area (Å²) in [6, 6.07) is 89.7. The van der Waals surface area contributed by atoms with Crippen LogP contribution >= 0.6 is 11.8 Å². The SMILES string of the molecule is CC(C)(C)O[C@]1(C)[C@]([SiH3])(O[C@@H]2[C@H](O[C@@H]3[C@H](O[C@H]4[C@@H](OCc5ccccc5)[C@@H]5OC(c6ccccc6)OC[C@H]5O[C@@H]4Sc4ccccc4)O[C@@H]4COC(c5ccccc5)O[C@H]4[C@@H]3OCc3ccccc3)O[C@@H]3COC(c4ccccc4)O[C@H]3[C@@H]2OCc2ccccc2)O[C@@H]2COC(c3ccccc3)O[C@H]2[C@]1(C)OCc1ccccc1. The Bertz CT molecular complexity index is 4470. The largest absolute Gasteiger partial charge is 0.368 e. The van der Waals surface area contributed by atoms with E-state index in [0.717, 1.165) is 49.4 Å². The van der Waals surface area contributed by atoms with Gasteiger partial charge in [-0.25, -0.2) is 0 Å². The minimum Gasteiger partial charge on any atom is -0.368 e. The zero-order valence-electron chi connectivity index (χ0n) is 64.8. The van der Waals surface area contributed by atoms with Gasteiger partial charge in [0.15, 0.2) is 43.2 Å². The highest BCUT2D eigenvalue weighted by Crippen LogP contribution is 2.56. The molecule has 114 heavy (non-hydrogen) atoms. The molecule has 8 aliphatic heterocycles. The fourth-order valence-electron chi connectivity index (χ4n) is 16.8. The summed E-state index contributed by atoms with van der Waals surface area (Å²) >= 11 is 1.50. The molecule has 8 saturated heterocycles. The topological polar surface area (TPSA) is 185 Å². The van der Waals surface area contributed by atoms with Gasteiger partial charge in [0, 0.05) is 27.1 Å². The molecular weight excluding hydrogens is 1490 g/mol. The highest BCUT2D eigenvalue weighted by Gasteiger charge is 2.73. The maximum absolute atomic E-state index is 8.33. The van der Waals surface area contributed by atoms with E-state index in [1.165, 1.54) is 11.8 Å². The average Bonchev–Trinajstić information content (AvgIpc) is 0.691. The normalized spacial score (nSPS) is 34.9. The van der Waals surface area contributed by atoms with E-state index in [-0.39, 0.29) is 63.1 Å². The van der Waals surface area contributed by atoms with Gasteiger partial charge in [-0.15, -0.1) is 0 Å². The number of thioether (sulfide) groups is 1. The second-order valence-electron chi connectivity index (χ2n) is 31.5. The molecule has 0 amide bonds. The molecule has 0 aromatic heterocycles. The van der Waals surface area contributed by atoms with Crippen molar-refractivity contribution in [2.45, 2.75) is 217 Å². The Kier molecular flexibility index (Phi) is 24.7. The Morgan fingerprint density at radius 1 is 0.368 bits per heavy atom. The molecule has 17 rings (SSSR count). The quantitative estimate of drug-likeness (QED) is 0.0492. The van der Waals surface area contributed by atoms with Crippen molar-refractivity contribution < 1.29 is 94.7 Å². The minimum atomic E-state index is -1.76. The highest BCUT2D eigenvalue weighted by atomic mass is 32.2. The first kappa shape index (κ1) is 79.2. The van der Waals surface area contributed by atoms with Crippen LogP contribution in [0.15, 0.2) is 278 Å². The zero-order valence-corrected chi connectivity index (χ0v) is 67.7. The number of fused-ring (bicyclic) bond motifs is 4. The van der Waals surface area contributed by atoms with Crippen molar-refractivity contribution >= 4 is 22.0 Å². The number of ether oxygens (including phenoxy) is 20. The first-order chi connectivity index (χ1) is 55.7. The lowest BCUT2D eigenvalue weighted by molar-refractivity contribution is -0.470. The van der Waals surface area contributed by atoms with Crippen molar-refractivity contribution in [3.8, 4) is 0 Å². The van der Waals surface area contributed by atoms with Crippen LogP contribution in [0.2, 0.25) is 0 Å². The zero-order chi connectivity index (χ0) is 77.6. The summed E-state index contributed by atoms with van der Waals surface area (Å²) in [5, 5.41) is 0. The average molecular weight is 1590 g/mol. The van der Waals surface area contributed by atoms with Gasteiger partial charge in [0.05, 0.1) is 68.7 Å². The third-order valence-corrected chi connectivity index (χ3v) is 25.2. The van der Waals surface area contributed by atoms with Crippen LogP contribution in [0.25, 0.3) is 0 Å². The Labute approximate surface area is 673 Å². The molecule has 22 heteroatoms. The molecule has 0 bridgehead atoms. The number of hydrogen-bond acceptors (Lipinski definition) is 21. The van der Waals surface area contributed by atoms with Gasteiger partial charge in [0.25, 0.3) is 0 Å². The Morgan fingerprint density at radius 2 is 0.702 bits per heavy atom. The number of rotatable bonds is 25. The van der Waals surface area contributed by atoms with Crippen molar-refractivity contribution in [3.05, 3.63) is 317 Å². The first-order valence-electron chi connectivity index (χ1n) is 39.7. The standard InChI is InChI=1S/C92H100O20SSi/c1-89(2,3)112-91(5)90(4,100-54-62-39-21-9-22-40-62)81-71(58-99-85(109-81)66-47-29-13-30-48-66)110-92(91,114)111-79-76(94-52-60-35-17-7-18-36-60)73-69(56-97-83(105-73)64-43-25-11-26-44-64)102-87(79)107-78-75(93-51-59-33-15-6-16-34-59)72-68(55-96-82(104-72)63-41-23-10-24-42-63)101-86(78)108-80-77(95-53-61-37-19-8-20-38-61)74-70(103-88(80)113-67-49-31-14-32-50-67)57-98-84(106-74)65-45-27-12-28-46-65/h6-50,68-88H,51-58H2,1-5,114H3/t68-,69-,70-,71-,72-,73-,74-,75+,76+,77+,78+,79+,80+,81-,82?,83?,84?,85?,86+,87+,88-,90+,91+,92-/m1/s1. The van der Waals surface area contributed by atoms with Crippen molar-refractivity contribution in [3.63, 3.8) is 0 Å². The molecule has 24 atom stereocenters. The van der Waals surface area contributed by atoms with Crippen LogP contribution in [0.3, 0.4) is 0 Å². The number of hydrogen-bond donors (Lipinski definition) is 0. The number of benzene rings is 9. The van der Waals surface area contributed by atoms with Crippen LogP contribution in [-0.4, -0.2) is 162 Å². The molecule has 9 aromatic rings. The van der Waals surface area contributed by atoms with Crippen LogP contribution in [0.1, 0.15) is 104 Å². The van der Waals surface area contributed by atoms with Crippen LogP contribution in [0.4, 0.5) is 0 Å². The van der Waals surface area contributed by atoms with Gasteiger partial charge < -0.3 is 94.7 Å². The lowest BCUT2D eigenvalue weighted by atomic mass is 9.74. The molecule has 9 aromatic carbocycles. The second kappa shape index (κ2) is 35.5. The van der Waals surface area contributed by atoms with Crippen molar-refractivity contribution in [2.75, 3.05) is 26.4 Å². The van der Waals surface area contributed by atoms with Crippen molar-refractivity contribution in [2.24, 2.45) is 0 Å². The molecule has 8 fully saturated rings. The van der Waals surface area contributed by atoms with Gasteiger partial charge in [0.2, 0.25) is 0 Å². The van der Waals surface area contributed by atoms with E-state index >= 15 is 0 Å². The van der Waals surface area contributed by atoms with E-state index in [1.54, 1.807) is 0 Å². The Morgan fingerprint density at radius 3 is 1.11 bits per heavy atom. The summed E-state index contributed by atoms with van der Waals surface area (Å²) < 4.78 is 149. The van der Waals surface area contributed by atoms with E-state index in [1.807, 2.05) is 301 Å². The molecule has 4 unspecified atom stereocenters. The van der Waals surface area contributed by atoms with Gasteiger partial charge in [-0.2, -0.15) is 0 Å². The van der Waals surface area contributed by atoms with Crippen molar-refractivity contribution in [1.82, 2.24) is 0 Å². The van der Waals surface area contributed by atoms with Gasteiger partial charge in [-0.3, -0.25) is 0 Å². The summed E-state index contributed by atoms with van der Waals surface area (Å²) in [7, 11) is 0.0844. The predicted octanol–water partition coefficient (Wildman–Crippen LogP) is 14.3. The first-order valence-corrected chi connectivity index (χ1v) is 41.5. The fourth-order valence-corrected chi connectivity index (χ4v) is 19.1. The van der Waals surface area contributed by atoms with Crippen LogP contribution in [0, 0.1) is 0 Å². The van der Waals surface area contributed by atoms with Gasteiger partial charge in [-0.05, 0) is 69.0 Å². The van der Waals surface area contributed by atoms with Gasteiger partial charge >= 0.3 is 0 Å². The van der Waals surface area contributed by atoms with E-state index in [2.05, 4.69) is 6.92 Å². The maximum atomic E-state index is 8.33. The smallest absolute Gasteiger partial charge is 0.187 e. The predicted molar refractivity (Wildman–Crippen MR) is 424 cm³/mol. The molecular formula is C92H100O20SSi. The summed E-state index contributed by atoms with van der Waals surface area (Å²) in [6.45, 7) is 11.0. The van der Waals surface area contributed by atoms with E-state index in [4.69, 9.17) is 94.7 Å². The molecule has 598 valence electrons. The van der Waals surface area contributed by atoms with E-state index in [0.29, 0.717) is 0 Å². The summed E-state index contributed by atoms with van der Waals surface area (Å²) in [5.74, 6) is 0. The molecule has 8 aliphatic rings. The fraction of sp³-hybridized carbons (Fsp3) is 0.413. The molecule has 0 spiro atoms. The molecule has 8 heterocycles. The lowest BCUT2D eigenvalue weighted by Crippen LogP contribution is -2.82. The molecule has 0 N–H and O–H groups in total. The summed E-state index contributed by atoms with van der Waals surface area (Å²) in [5.41, 5.74) is 0.437. The van der Waals surface area contributed by atoms with Gasteiger partial charge in [-0.1, -0.05) is 273 Å². The molecule has 20 nitrogen and oxygen atoms in total. The molecule has 0 aliphatic carbocycles. The molecule has 0 saturated carbocycles. The Balaban J connectivity index is 0.830. The maximum Gasteiger partial charge on any atom is 0.187 e. The third kappa shape index (κ3) is 17.5. The van der Waals surface area contributed by atoms with Crippen LogP contribution in [-0.2, 0) is 121 Å². The summed E-state index contributed by atoms with van der Waals surface area (Å²) in [4.78, 5) is 0.913. The van der Waals surface area contributed by atoms with Crippen LogP contribution in [0.5, 0.6) is 0 Å². The highest BCUT2D eigenvalue weighted by molar-refractivity contribution is 7.99. The molecule has 0 radical (unpaired) electrons. The minimum absolute atomic E-state index is 0.0369. The van der Waals surface area contributed by atoms with E-state index in [9.17, 15) is 0 Å². The third-order valence-electron chi connectivity index (χ3n) is 22.6. The van der Waals surface area contributed by atoms with Crippen LogP contribution < -0.4 is 0 Å². The van der Waals surface area contributed by atoms with E-state index < -0.39 is 151 Å². The Hall–Kier alpha value is -7.25. The lowest BCUT2D eigenvalue weighted by Gasteiger charge is -2.65. The summed E-state index contributed by atoms with van der Waals surface area (Å²) in [6.07, 6.45) is -19.3.